The van der Waals surface area contributed by atoms with Gasteiger partial charge in [-0.1, -0.05) is 18.2 Å². The van der Waals surface area contributed by atoms with Gasteiger partial charge in [-0.2, -0.15) is 0 Å². The predicted molar refractivity (Wildman–Crippen MR) is 74.8 cm³/mol. The predicted octanol–water partition coefficient (Wildman–Crippen LogP) is 2.34. The molecule has 2 heterocycles. The van der Waals surface area contributed by atoms with E-state index >= 15 is 0 Å². The first-order chi connectivity index (χ1) is 10.3. The summed E-state index contributed by atoms with van der Waals surface area (Å²) in [5.41, 5.74) is 1.12. The molecule has 1 aromatic carbocycles. The molecule has 0 unspecified atom stereocenters. The first-order valence-electron chi connectivity index (χ1n) is 6.68. The monoisotopic (exact) mass is 288 g/mol. The van der Waals surface area contributed by atoms with Gasteiger partial charge in [0.2, 0.25) is 0 Å². The Bertz CT molecular complexity index is 754. The van der Waals surface area contributed by atoms with Crippen LogP contribution < -0.4 is 5.32 Å². The normalized spacial score (nSPS) is 11.1. The molecule has 0 saturated carbocycles. The molecule has 0 amide bonds. The number of halogens is 2. The van der Waals surface area contributed by atoms with E-state index < -0.39 is 11.6 Å². The molecule has 3 rings (SSSR count). The van der Waals surface area contributed by atoms with Crippen LogP contribution in [0.1, 0.15) is 11.4 Å². The topological polar surface area (TPSA) is 42.2 Å². The van der Waals surface area contributed by atoms with Gasteiger partial charge in [0.25, 0.3) is 0 Å². The molecule has 3 aromatic rings. The summed E-state index contributed by atoms with van der Waals surface area (Å²) in [5.74, 6) is -0.784. The SMILES string of the molecule is Fc1cccc(CNCCc2nnc3ccccn23)c1F. The number of benzene rings is 1. The van der Waals surface area contributed by atoms with Gasteiger partial charge >= 0.3 is 0 Å². The molecule has 0 aliphatic carbocycles. The van der Waals surface area contributed by atoms with Gasteiger partial charge < -0.3 is 5.32 Å². The minimum atomic E-state index is -0.822. The number of hydrogen-bond acceptors (Lipinski definition) is 3. The first kappa shape index (κ1) is 13.6. The largest absolute Gasteiger partial charge is 0.312 e. The third-order valence-corrected chi connectivity index (χ3v) is 3.26. The van der Waals surface area contributed by atoms with Crippen LogP contribution in [0.4, 0.5) is 8.78 Å². The van der Waals surface area contributed by atoms with Gasteiger partial charge in [-0.15, -0.1) is 10.2 Å². The van der Waals surface area contributed by atoms with Crippen molar-refractivity contribution in [2.24, 2.45) is 0 Å². The Kier molecular flexibility index (Phi) is 3.87. The second-order valence-corrected chi connectivity index (χ2v) is 4.68. The van der Waals surface area contributed by atoms with Crippen LogP contribution in [-0.4, -0.2) is 21.1 Å². The van der Waals surface area contributed by atoms with Gasteiger partial charge in [0, 0.05) is 31.3 Å². The summed E-state index contributed by atoms with van der Waals surface area (Å²) >= 11 is 0. The van der Waals surface area contributed by atoms with E-state index in [0.717, 1.165) is 17.5 Å². The lowest BCUT2D eigenvalue weighted by molar-refractivity contribution is 0.492. The van der Waals surface area contributed by atoms with Crippen molar-refractivity contribution in [3.8, 4) is 0 Å². The van der Waals surface area contributed by atoms with Crippen molar-refractivity contribution < 1.29 is 8.78 Å². The zero-order valence-corrected chi connectivity index (χ0v) is 11.3. The van der Waals surface area contributed by atoms with Crippen LogP contribution in [0, 0.1) is 11.6 Å². The summed E-state index contributed by atoms with van der Waals surface area (Å²) in [5, 5.41) is 11.3. The molecule has 0 fully saturated rings. The van der Waals surface area contributed by atoms with E-state index in [0.29, 0.717) is 18.5 Å². The maximum atomic E-state index is 13.5. The van der Waals surface area contributed by atoms with Gasteiger partial charge in [-0.05, 0) is 18.2 Å². The van der Waals surface area contributed by atoms with Crippen molar-refractivity contribution in [2.75, 3.05) is 6.54 Å². The van der Waals surface area contributed by atoms with Gasteiger partial charge in [-0.3, -0.25) is 4.40 Å². The number of nitrogens with zero attached hydrogens (tertiary/aromatic N) is 3. The lowest BCUT2D eigenvalue weighted by Gasteiger charge is -2.06. The molecule has 0 aliphatic rings. The fourth-order valence-electron chi connectivity index (χ4n) is 2.17. The number of aromatic nitrogens is 3. The zero-order valence-electron chi connectivity index (χ0n) is 11.3. The van der Waals surface area contributed by atoms with Crippen LogP contribution in [-0.2, 0) is 13.0 Å². The van der Waals surface area contributed by atoms with E-state index in [-0.39, 0.29) is 6.54 Å². The minimum Gasteiger partial charge on any atom is -0.312 e. The Morgan fingerprint density at radius 1 is 1.05 bits per heavy atom. The molecule has 108 valence electrons. The lowest BCUT2D eigenvalue weighted by atomic mass is 10.2. The van der Waals surface area contributed by atoms with Gasteiger partial charge in [0.15, 0.2) is 17.3 Å². The maximum absolute atomic E-state index is 13.5. The highest BCUT2D eigenvalue weighted by molar-refractivity contribution is 5.37. The quantitative estimate of drug-likeness (QED) is 0.733. The molecular weight excluding hydrogens is 274 g/mol. The van der Waals surface area contributed by atoms with Crippen molar-refractivity contribution in [1.29, 1.82) is 0 Å². The average Bonchev–Trinajstić information content (AvgIpc) is 2.91. The number of fused-ring (bicyclic) bond motifs is 1. The Morgan fingerprint density at radius 3 is 2.86 bits per heavy atom. The molecule has 0 saturated heterocycles. The van der Waals surface area contributed by atoms with E-state index in [2.05, 4.69) is 15.5 Å². The molecular formula is C15H14F2N4. The Labute approximate surface area is 120 Å². The zero-order chi connectivity index (χ0) is 14.7. The second-order valence-electron chi connectivity index (χ2n) is 4.68. The number of pyridine rings is 1. The molecule has 0 radical (unpaired) electrons. The fraction of sp³-hybridized carbons (Fsp3) is 0.200. The summed E-state index contributed by atoms with van der Waals surface area (Å²) in [6.45, 7) is 0.881. The van der Waals surface area contributed by atoms with Crippen LogP contribution in [0.25, 0.3) is 5.65 Å². The highest BCUT2D eigenvalue weighted by Gasteiger charge is 2.07. The van der Waals surface area contributed by atoms with Crippen molar-refractivity contribution in [2.45, 2.75) is 13.0 Å². The van der Waals surface area contributed by atoms with Gasteiger partial charge in [-0.25, -0.2) is 8.78 Å². The highest BCUT2D eigenvalue weighted by Crippen LogP contribution is 2.10. The Balaban J connectivity index is 1.58. The maximum Gasteiger partial charge on any atom is 0.163 e. The van der Waals surface area contributed by atoms with E-state index in [1.807, 2.05) is 28.8 Å². The third-order valence-electron chi connectivity index (χ3n) is 3.26. The molecule has 1 N–H and O–H groups in total. The van der Waals surface area contributed by atoms with Crippen LogP contribution in [0.5, 0.6) is 0 Å². The second kappa shape index (κ2) is 5.97. The highest BCUT2D eigenvalue weighted by atomic mass is 19.2. The van der Waals surface area contributed by atoms with E-state index in [1.54, 1.807) is 6.07 Å². The molecule has 0 spiro atoms. The summed E-state index contributed by atoms with van der Waals surface area (Å²) in [6, 6.07) is 9.88. The lowest BCUT2D eigenvalue weighted by Crippen LogP contribution is -2.18. The van der Waals surface area contributed by atoms with Crippen LogP contribution in [0.3, 0.4) is 0 Å². The fourth-order valence-corrected chi connectivity index (χ4v) is 2.17. The Morgan fingerprint density at radius 2 is 1.95 bits per heavy atom. The molecule has 6 heteroatoms. The number of hydrogen-bond donors (Lipinski definition) is 1. The third kappa shape index (κ3) is 2.90. The molecule has 2 aromatic heterocycles. The molecule has 4 nitrogen and oxygen atoms in total. The summed E-state index contributed by atoms with van der Waals surface area (Å²) in [7, 11) is 0. The van der Waals surface area contributed by atoms with E-state index in [9.17, 15) is 8.78 Å². The Hall–Kier alpha value is -2.34. The minimum absolute atomic E-state index is 0.278. The van der Waals surface area contributed by atoms with Crippen molar-refractivity contribution >= 4 is 5.65 Å². The first-order valence-corrected chi connectivity index (χ1v) is 6.68. The summed E-state index contributed by atoms with van der Waals surface area (Å²) < 4.78 is 28.4. The van der Waals surface area contributed by atoms with E-state index in [1.165, 1.54) is 6.07 Å². The van der Waals surface area contributed by atoms with Gasteiger partial charge in [0.1, 0.15) is 5.82 Å². The summed E-state index contributed by atoms with van der Waals surface area (Å²) in [6.07, 6.45) is 2.55. The number of rotatable bonds is 5. The molecule has 0 aliphatic heterocycles. The standard InChI is InChI=1S/C15H14F2N4/c16-12-5-3-4-11(15(12)17)10-18-8-7-14-20-19-13-6-1-2-9-21(13)14/h1-6,9,18H,7-8,10H2. The van der Waals surface area contributed by atoms with Crippen LogP contribution >= 0.6 is 0 Å². The molecule has 0 atom stereocenters. The smallest absolute Gasteiger partial charge is 0.163 e. The molecule has 0 bridgehead atoms. The van der Waals surface area contributed by atoms with Crippen molar-refractivity contribution in [1.82, 2.24) is 19.9 Å². The van der Waals surface area contributed by atoms with Gasteiger partial charge in [0.05, 0.1) is 0 Å². The van der Waals surface area contributed by atoms with Crippen LogP contribution in [0.2, 0.25) is 0 Å². The van der Waals surface area contributed by atoms with Crippen LogP contribution in [0.15, 0.2) is 42.6 Å². The van der Waals surface area contributed by atoms with Crippen molar-refractivity contribution in [3.05, 3.63) is 65.6 Å². The van der Waals surface area contributed by atoms with E-state index in [4.69, 9.17) is 0 Å². The number of nitrogens with one attached hydrogen (secondary N) is 1. The average molecular weight is 288 g/mol. The summed E-state index contributed by atoms with van der Waals surface area (Å²) in [4.78, 5) is 0. The van der Waals surface area contributed by atoms with Crippen molar-refractivity contribution in [3.63, 3.8) is 0 Å². The molecule has 21 heavy (non-hydrogen) atoms.